The lowest BCUT2D eigenvalue weighted by molar-refractivity contribution is -0.112. The van der Waals surface area contributed by atoms with E-state index in [2.05, 4.69) is 4.98 Å². The van der Waals surface area contributed by atoms with Gasteiger partial charge in [0.1, 0.15) is 11.9 Å². The Bertz CT molecular complexity index is 453. The van der Waals surface area contributed by atoms with Gasteiger partial charge >= 0.3 is 6.09 Å². The summed E-state index contributed by atoms with van der Waals surface area (Å²) in [5, 5.41) is 0. The Morgan fingerprint density at radius 1 is 1.41 bits per heavy atom. The third-order valence-corrected chi connectivity index (χ3v) is 1.70. The van der Waals surface area contributed by atoms with Crippen LogP contribution in [0.3, 0.4) is 0 Å². The molecule has 0 fully saturated rings. The Morgan fingerprint density at radius 3 is 2.59 bits per heavy atom. The Balaban J connectivity index is 2.74. The van der Waals surface area contributed by atoms with Gasteiger partial charge in [0.2, 0.25) is 0 Å². The molecule has 17 heavy (non-hydrogen) atoms. The summed E-state index contributed by atoms with van der Waals surface area (Å²) in [4.78, 5) is 26.3. The fraction of sp³-hybridized carbons (Fsp3) is 0.417. The van der Waals surface area contributed by atoms with E-state index >= 15 is 0 Å². The van der Waals surface area contributed by atoms with Crippen LogP contribution in [0.5, 0.6) is 0 Å². The van der Waals surface area contributed by atoms with Gasteiger partial charge in [-0.15, -0.1) is 0 Å². The summed E-state index contributed by atoms with van der Waals surface area (Å²) in [6.07, 6.45) is 5.30. The van der Waals surface area contributed by atoms with Gasteiger partial charge in [0.15, 0.2) is 5.78 Å². The summed E-state index contributed by atoms with van der Waals surface area (Å²) >= 11 is 0. The number of imidazole rings is 1. The molecule has 5 nitrogen and oxygen atoms in total. The Hall–Kier alpha value is -1.91. The van der Waals surface area contributed by atoms with E-state index in [4.69, 9.17) is 4.74 Å². The van der Waals surface area contributed by atoms with Crippen molar-refractivity contribution in [3.8, 4) is 0 Å². The molecule has 0 aromatic carbocycles. The van der Waals surface area contributed by atoms with Gasteiger partial charge in [0.05, 0.1) is 5.69 Å². The lowest BCUT2D eigenvalue weighted by atomic mass is 10.2. The van der Waals surface area contributed by atoms with Crippen LogP contribution in [0.25, 0.3) is 6.08 Å². The van der Waals surface area contributed by atoms with Crippen molar-refractivity contribution >= 4 is 18.0 Å². The zero-order chi connectivity index (χ0) is 13.1. The van der Waals surface area contributed by atoms with E-state index in [1.54, 1.807) is 26.8 Å². The number of nitrogens with zero attached hydrogens (tertiary/aromatic N) is 2. The summed E-state index contributed by atoms with van der Waals surface area (Å²) in [6.45, 7) is 6.82. The average Bonchev–Trinajstić information content (AvgIpc) is 2.60. The predicted molar refractivity (Wildman–Crippen MR) is 63.6 cm³/mol. The van der Waals surface area contributed by atoms with Gasteiger partial charge in [-0.25, -0.2) is 14.3 Å². The van der Waals surface area contributed by atoms with Gasteiger partial charge in [0, 0.05) is 6.20 Å². The predicted octanol–water partition coefficient (Wildman–Crippen LogP) is 2.27. The maximum atomic E-state index is 11.6. The summed E-state index contributed by atoms with van der Waals surface area (Å²) in [7, 11) is 0. The Labute approximate surface area is 100 Å². The van der Waals surface area contributed by atoms with Crippen LogP contribution in [0.15, 0.2) is 18.6 Å². The molecule has 0 saturated heterocycles. The molecule has 1 heterocycles. The number of rotatable bonds is 2. The molecule has 0 aliphatic heterocycles. The first-order valence-corrected chi connectivity index (χ1v) is 5.24. The van der Waals surface area contributed by atoms with Crippen LogP contribution >= 0.6 is 0 Å². The highest BCUT2D eigenvalue weighted by molar-refractivity contribution is 5.91. The van der Waals surface area contributed by atoms with Crippen LogP contribution in [-0.4, -0.2) is 27.0 Å². The molecule has 0 spiro atoms. The van der Waals surface area contributed by atoms with E-state index in [0.29, 0.717) is 5.69 Å². The van der Waals surface area contributed by atoms with Crippen molar-refractivity contribution in [3.05, 3.63) is 24.3 Å². The largest absolute Gasteiger partial charge is 0.443 e. The molecule has 0 N–H and O–H groups in total. The maximum absolute atomic E-state index is 11.6. The topological polar surface area (TPSA) is 61.2 Å². The minimum atomic E-state index is -0.545. The molecule has 1 aromatic rings. The third-order valence-electron chi connectivity index (χ3n) is 1.70. The molecule has 92 valence electrons. The molecule has 0 atom stereocenters. The standard InChI is InChI=1S/C12H16N2O3/c1-9(15)5-6-10-7-14(8-13-10)11(16)17-12(2,3)4/h5-8H,1-4H3/b6-5+. The number of aromatic nitrogens is 2. The smallest absolute Gasteiger partial charge is 0.419 e. The van der Waals surface area contributed by atoms with Crippen molar-refractivity contribution in [1.82, 2.24) is 9.55 Å². The molecule has 0 amide bonds. The lowest BCUT2D eigenvalue weighted by Gasteiger charge is -2.18. The fourth-order valence-electron chi connectivity index (χ4n) is 1.04. The number of ether oxygens (including phenoxy) is 1. The van der Waals surface area contributed by atoms with Gasteiger partial charge in [-0.3, -0.25) is 4.79 Å². The molecule has 5 heteroatoms. The minimum absolute atomic E-state index is 0.0724. The fourth-order valence-corrected chi connectivity index (χ4v) is 1.04. The zero-order valence-corrected chi connectivity index (χ0v) is 10.4. The zero-order valence-electron chi connectivity index (χ0n) is 10.4. The van der Waals surface area contributed by atoms with E-state index in [1.807, 2.05) is 0 Å². The lowest BCUT2D eigenvalue weighted by Crippen LogP contribution is -2.26. The quantitative estimate of drug-likeness (QED) is 0.739. The van der Waals surface area contributed by atoms with E-state index < -0.39 is 11.7 Å². The van der Waals surface area contributed by atoms with Gasteiger partial charge in [-0.05, 0) is 39.8 Å². The van der Waals surface area contributed by atoms with Crippen molar-refractivity contribution in [3.63, 3.8) is 0 Å². The molecule has 0 unspecified atom stereocenters. The second kappa shape index (κ2) is 4.95. The second-order valence-corrected chi connectivity index (χ2v) is 4.63. The number of allylic oxidation sites excluding steroid dienone is 1. The molecule has 0 aliphatic rings. The monoisotopic (exact) mass is 236 g/mol. The molecule has 1 aromatic heterocycles. The number of hydrogen-bond acceptors (Lipinski definition) is 4. The van der Waals surface area contributed by atoms with Gasteiger partial charge in [-0.2, -0.15) is 0 Å². The van der Waals surface area contributed by atoms with Crippen LogP contribution in [0.4, 0.5) is 4.79 Å². The molecule has 0 aliphatic carbocycles. The van der Waals surface area contributed by atoms with Crippen molar-refractivity contribution in [2.75, 3.05) is 0 Å². The first kappa shape index (κ1) is 13.2. The summed E-state index contributed by atoms with van der Waals surface area (Å²) in [5.74, 6) is -0.0724. The number of ketones is 1. The summed E-state index contributed by atoms with van der Waals surface area (Å²) in [6, 6.07) is 0. The van der Waals surface area contributed by atoms with Gasteiger partial charge < -0.3 is 4.74 Å². The first-order valence-electron chi connectivity index (χ1n) is 5.24. The van der Waals surface area contributed by atoms with E-state index in [-0.39, 0.29) is 5.78 Å². The van der Waals surface area contributed by atoms with Gasteiger partial charge in [-0.1, -0.05) is 0 Å². The Kier molecular flexibility index (Phi) is 3.83. The van der Waals surface area contributed by atoms with Crippen LogP contribution in [0.2, 0.25) is 0 Å². The minimum Gasteiger partial charge on any atom is -0.443 e. The summed E-state index contributed by atoms with van der Waals surface area (Å²) < 4.78 is 6.40. The van der Waals surface area contributed by atoms with Crippen molar-refractivity contribution in [2.45, 2.75) is 33.3 Å². The second-order valence-electron chi connectivity index (χ2n) is 4.63. The van der Waals surface area contributed by atoms with Crippen molar-refractivity contribution in [1.29, 1.82) is 0 Å². The highest BCUT2D eigenvalue weighted by atomic mass is 16.6. The SMILES string of the molecule is CC(=O)/C=C/c1cn(C(=O)OC(C)(C)C)cn1. The van der Waals surface area contributed by atoms with Crippen molar-refractivity contribution < 1.29 is 14.3 Å². The number of hydrogen-bond donors (Lipinski definition) is 0. The van der Waals surface area contributed by atoms with Crippen LogP contribution < -0.4 is 0 Å². The highest BCUT2D eigenvalue weighted by Gasteiger charge is 2.17. The number of carbonyl (C=O) groups is 2. The number of carbonyl (C=O) groups excluding carboxylic acids is 2. The van der Waals surface area contributed by atoms with E-state index in [1.165, 1.54) is 30.1 Å². The van der Waals surface area contributed by atoms with Crippen LogP contribution in [0.1, 0.15) is 33.4 Å². The normalized spacial score (nSPS) is 11.8. The molecule has 0 bridgehead atoms. The van der Waals surface area contributed by atoms with E-state index in [9.17, 15) is 9.59 Å². The highest BCUT2D eigenvalue weighted by Crippen LogP contribution is 2.09. The maximum Gasteiger partial charge on any atom is 0.419 e. The Morgan fingerprint density at radius 2 is 2.06 bits per heavy atom. The molecular formula is C12H16N2O3. The molecule has 1 rings (SSSR count). The first-order chi connectivity index (χ1) is 7.78. The molecule has 0 saturated carbocycles. The van der Waals surface area contributed by atoms with Crippen molar-refractivity contribution in [2.24, 2.45) is 0 Å². The average molecular weight is 236 g/mol. The van der Waals surface area contributed by atoms with Crippen LogP contribution in [-0.2, 0) is 9.53 Å². The molecule has 0 radical (unpaired) electrons. The van der Waals surface area contributed by atoms with Gasteiger partial charge in [0.25, 0.3) is 0 Å². The molecular weight excluding hydrogens is 220 g/mol. The van der Waals surface area contributed by atoms with Crippen LogP contribution in [0, 0.1) is 0 Å². The van der Waals surface area contributed by atoms with E-state index in [0.717, 1.165) is 0 Å². The summed E-state index contributed by atoms with van der Waals surface area (Å²) in [5.41, 5.74) is -0.0115. The third kappa shape index (κ3) is 4.63.